The summed E-state index contributed by atoms with van der Waals surface area (Å²) in [5.74, 6) is 0.697. The summed E-state index contributed by atoms with van der Waals surface area (Å²) >= 11 is 0. The van der Waals surface area contributed by atoms with E-state index < -0.39 is 0 Å². The smallest absolute Gasteiger partial charge is 0.0973 e. The van der Waals surface area contributed by atoms with Crippen LogP contribution in [0.5, 0.6) is 0 Å². The summed E-state index contributed by atoms with van der Waals surface area (Å²) in [4.78, 5) is 6.84. The first kappa shape index (κ1) is 14.8. The minimum absolute atomic E-state index is 0.697. The highest BCUT2D eigenvalue weighted by Gasteiger charge is 2.25. The van der Waals surface area contributed by atoms with Crippen molar-refractivity contribution in [2.45, 2.75) is 25.8 Å². The third-order valence-corrected chi connectivity index (χ3v) is 5.02. The Kier molecular flexibility index (Phi) is 4.14. The molecule has 0 aromatic carbocycles. The van der Waals surface area contributed by atoms with Crippen molar-refractivity contribution in [1.82, 2.24) is 19.7 Å². The molecular formula is C18H24N4O. The van der Waals surface area contributed by atoms with Gasteiger partial charge in [-0.25, -0.2) is 0 Å². The maximum absolute atomic E-state index is 5.53. The minimum atomic E-state index is 0.697. The molecule has 0 saturated carbocycles. The molecule has 2 aromatic heterocycles. The lowest BCUT2D eigenvalue weighted by molar-refractivity contribution is 0.164. The Labute approximate surface area is 137 Å². The number of pyridine rings is 1. The van der Waals surface area contributed by atoms with E-state index >= 15 is 0 Å². The van der Waals surface area contributed by atoms with Gasteiger partial charge in [0.25, 0.3) is 0 Å². The van der Waals surface area contributed by atoms with Gasteiger partial charge in [-0.15, -0.1) is 0 Å². The number of rotatable bonds is 3. The number of nitrogens with zero attached hydrogens (tertiary/aromatic N) is 4. The Morgan fingerprint density at radius 3 is 3.13 bits per heavy atom. The number of hydrogen-bond donors (Lipinski definition) is 0. The van der Waals surface area contributed by atoms with Gasteiger partial charge in [0, 0.05) is 50.3 Å². The molecule has 5 heteroatoms. The molecule has 0 amide bonds. The average Bonchev–Trinajstić information content (AvgIpc) is 3.12. The van der Waals surface area contributed by atoms with Crippen LogP contribution in [0.2, 0.25) is 0 Å². The molecule has 0 N–H and O–H groups in total. The average molecular weight is 312 g/mol. The zero-order chi connectivity index (χ0) is 15.6. The maximum atomic E-state index is 5.53. The fourth-order valence-corrected chi connectivity index (χ4v) is 3.82. The van der Waals surface area contributed by atoms with E-state index in [2.05, 4.69) is 27.7 Å². The molecule has 0 bridgehead atoms. The highest BCUT2D eigenvalue weighted by atomic mass is 16.5. The normalized spacial score (nSPS) is 22.0. The van der Waals surface area contributed by atoms with Crippen LogP contribution >= 0.6 is 0 Å². The second-order valence-corrected chi connectivity index (χ2v) is 6.71. The summed E-state index contributed by atoms with van der Waals surface area (Å²) in [6, 6.07) is 4.09. The molecule has 122 valence electrons. The maximum Gasteiger partial charge on any atom is 0.0973 e. The van der Waals surface area contributed by atoms with Gasteiger partial charge in [0.15, 0.2) is 0 Å². The summed E-state index contributed by atoms with van der Waals surface area (Å²) in [6.07, 6.45) is 7.23. The first-order valence-corrected chi connectivity index (χ1v) is 8.56. The van der Waals surface area contributed by atoms with Crippen molar-refractivity contribution in [1.29, 1.82) is 0 Å². The summed E-state index contributed by atoms with van der Waals surface area (Å²) in [6.45, 7) is 5.16. The molecule has 5 nitrogen and oxygen atoms in total. The van der Waals surface area contributed by atoms with Gasteiger partial charge in [-0.2, -0.15) is 5.10 Å². The van der Waals surface area contributed by atoms with Crippen molar-refractivity contribution in [2.75, 3.05) is 26.3 Å². The molecular weight excluding hydrogens is 288 g/mol. The van der Waals surface area contributed by atoms with Crippen molar-refractivity contribution >= 4 is 0 Å². The Morgan fingerprint density at radius 1 is 1.39 bits per heavy atom. The van der Waals surface area contributed by atoms with Crippen molar-refractivity contribution in [3.63, 3.8) is 0 Å². The predicted octanol–water partition coefficient (Wildman–Crippen LogP) is 2.27. The third-order valence-electron chi connectivity index (χ3n) is 5.02. The summed E-state index contributed by atoms with van der Waals surface area (Å²) in [7, 11) is 2.07. The van der Waals surface area contributed by atoms with Gasteiger partial charge in [0.05, 0.1) is 18.0 Å². The Balaban J connectivity index is 1.59. The molecule has 2 aromatic rings. The molecule has 1 atom stereocenters. The molecule has 23 heavy (non-hydrogen) atoms. The fraction of sp³-hybridized carbons (Fsp3) is 0.556. The van der Waals surface area contributed by atoms with Crippen molar-refractivity contribution in [3.05, 3.63) is 35.8 Å². The van der Waals surface area contributed by atoms with E-state index in [9.17, 15) is 0 Å². The second-order valence-electron chi connectivity index (χ2n) is 6.71. The summed E-state index contributed by atoms with van der Waals surface area (Å²) in [5, 5.41) is 4.80. The van der Waals surface area contributed by atoms with Crippen molar-refractivity contribution in [2.24, 2.45) is 13.0 Å². The van der Waals surface area contributed by atoms with E-state index in [0.29, 0.717) is 5.92 Å². The zero-order valence-corrected chi connectivity index (χ0v) is 13.7. The van der Waals surface area contributed by atoms with Crippen molar-refractivity contribution in [3.8, 4) is 11.3 Å². The molecule has 1 saturated heterocycles. The lowest BCUT2D eigenvalue weighted by Crippen LogP contribution is -2.30. The third kappa shape index (κ3) is 3.03. The molecule has 4 heterocycles. The van der Waals surface area contributed by atoms with Gasteiger partial charge in [-0.05, 0) is 43.9 Å². The summed E-state index contributed by atoms with van der Waals surface area (Å²) in [5.41, 5.74) is 5.01. The molecule has 2 aliphatic heterocycles. The molecule has 0 radical (unpaired) electrons. The van der Waals surface area contributed by atoms with Gasteiger partial charge < -0.3 is 4.74 Å². The van der Waals surface area contributed by atoms with Crippen LogP contribution < -0.4 is 0 Å². The second kappa shape index (κ2) is 6.42. The molecule has 1 fully saturated rings. The van der Waals surface area contributed by atoms with Gasteiger partial charge in [0.2, 0.25) is 0 Å². The molecule has 2 aliphatic rings. The van der Waals surface area contributed by atoms with Crippen LogP contribution in [0.1, 0.15) is 24.1 Å². The van der Waals surface area contributed by atoms with Crippen LogP contribution in [0.3, 0.4) is 0 Å². The largest absolute Gasteiger partial charge is 0.381 e. The zero-order valence-electron chi connectivity index (χ0n) is 13.7. The van der Waals surface area contributed by atoms with E-state index in [-0.39, 0.29) is 0 Å². The van der Waals surface area contributed by atoms with Crippen LogP contribution in [0, 0.1) is 5.92 Å². The SMILES string of the molecule is Cn1nc(-c2cccnc2)c2c1CN(C[C@@H]1CCOC1)CCC2. The molecule has 4 rings (SSSR count). The van der Waals surface area contributed by atoms with Crippen LogP contribution in [-0.4, -0.2) is 46.0 Å². The topological polar surface area (TPSA) is 43.2 Å². The van der Waals surface area contributed by atoms with E-state index in [0.717, 1.165) is 50.5 Å². The fourth-order valence-electron chi connectivity index (χ4n) is 3.82. The Hall–Kier alpha value is -1.72. The van der Waals surface area contributed by atoms with Crippen LogP contribution in [-0.2, 0) is 24.8 Å². The monoisotopic (exact) mass is 312 g/mol. The first-order valence-electron chi connectivity index (χ1n) is 8.56. The number of aromatic nitrogens is 3. The molecule has 0 unspecified atom stereocenters. The molecule has 0 aliphatic carbocycles. The Morgan fingerprint density at radius 2 is 2.35 bits per heavy atom. The van der Waals surface area contributed by atoms with Gasteiger partial charge in [-0.1, -0.05) is 0 Å². The van der Waals surface area contributed by atoms with E-state index in [1.165, 1.54) is 24.1 Å². The van der Waals surface area contributed by atoms with E-state index in [1.54, 1.807) is 0 Å². The lowest BCUT2D eigenvalue weighted by atomic mass is 10.0. The Bertz CT molecular complexity index is 661. The highest BCUT2D eigenvalue weighted by molar-refractivity contribution is 5.63. The quantitative estimate of drug-likeness (QED) is 0.872. The van der Waals surface area contributed by atoms with Crippen LogP contribution in [0.4, 0.5) is 0 Å². The van der Waals surface area contributed by atoms with E-state index in [4.69, 9.17) is 9.84 Å². The number of fused-ring (bicyclic) bond motifs is 1. The van der Waals surface area contributed by atoms with Gasteiger partial charge in [0.1, 0.15) is 0 Å². The number of ether oxygens (including phenoxy) is 1. The van der Waals surface area contributed by atoms with Crippen LogP contribution in [0.15, 0.2) is 24.5 Å². The predicted molar refractivity (Wildman–Crippen MR) is 89.0 cm³/mol. The molecule has 0 spiro atoms. The van der Waals surface area contributed by atoms with Crippen LogP contribution in [0.25, 0.3) is 11.3 Å². The van der Waals surface area contributed by atoms with Crippen molar-refractivity contribution < 1.29 is 4.74 Å². The number of hydrogen-bond acceptors (Lipinski definition) is 4. The first-order chi connectivity index (χ1) is 11.3. The van der Waals surface area contributed by atoms with Gasteiger partial charge >= 0.3 is 0 Å². The van der Waals surface area contributed by atoms with E-state index in [1.807, 2.05) is 18.5 Å². The minimum Gasteiger partial charge on any atom is -0.381 e. The number of aryl methyl sites for hydroxylation is 1. The highest BCUT2D eigenvalue weighted by Crippen LogP contribution is 2.29. The van der Waals surface area contributed by atoms with Gasteiger partial charge in [-0.3, -0.25) is 14.6 Å². The lowest BCUT2D eigenvalue weighted by Gasteiger charge is -2.23. The standard InChI is InChI=1S/C18H24N4O/c1-21-17-12-22(11-14-6-9-23-13-14)8-3-5-16(17)18(20-21)15-4-2-7-19-10-15/h2,4,7,10,14H,3,5-6,8-9,11-13H2,1H3/t14-/m0/s1. The summed E-state index contributed by atoms with van der Waals surface area (Å²) < 4.78 is 7.60.